The Morgan fingerprint density at radius 2 is 2.00 bits per heavy atom. The van der Waals surface area contributed by atoms with Gasteiger partial charge in [0.2, 0.25) is 0 Å². The molecular formula is C13H14BrFO2. The van der Waals surface area contributed by atoms with E-state index in [9.17, 15) is 9.18 Å². The molecule has 0 saturated carbocycles. The van der Waals surface area contributed by atoms with Gasteiger partial charge in [-0.3, -0.25) is 0 Å². The van der Waals surface area contributed by atoms with Crippen LogP contribution in [0.4, 0.5) is 4.39 Å². The number of ether oxygens (including phenoxy) is 1. The molecule has 1 rings (SSSR count). The fourth-order valence-electron chi connectivity index (χ4n) is 1.26. The molecule has 1 unspecified atom stereocenters. The number of rotatable bonds is 4. The van der Waals surface area contributed by atoms with E-state index < -0.39 is 12.1 Å². The largest absolute Gasteiger partial charge is 0.460 e. The van der Waals surface area contributed by atoms with Crippen LogP contribution in [0.15, 0.2) is 40.9 Å². The Labute approximate surface area is 109 Å². The molecule has 2 nitrogen and oxygen atoms in total. The minimum atomic E-state index is -1.56. The molecule has 0 bridgehead atoms. The van der Waals surface area contributed by atoms with Crippen LogP contribution in [0.1, 0.15) is 25.6 Å². The van der Waals surface area contributed by atoms with Gasteiger partial charge >= 0.3 is 5.97 Å². The predicted octanol–water partition coefficient (Wildman–Crippen LogP) is 3.97. The lowest BCUT2D eigenvalue weighted by Gasteiger charge is -2.14. The number of alkyl halides is 1. The van der Waals surface area contributed by atoms with Gasteiger partial charge in [-0.25, -0.2) is 9.18 Å². The van der Waals surface area contributed by atoms with Gasteiger partial charge in [0.15, 0.2) is 6.17 Å². The van der Waals surface area contributed by atoms with Gasteiger partial charge in [0, 0.05) is 10.0 Å². The van der Waals surface area contributed by atoms with Gasteiger partial charge in [-0.2, -0.15) is 0 Å². The van der Waals surface area contributed by atoms with E-state index in [4.69, 9.17) is 4.74 Å². The Kier molecular flexibility index (Phi) is 4.87. The number of carbonyl (C=O) groups is 1. The molecule has 0 heterocycles. The minimum Gasteiger partial charge on any atom is -0.460 e. The maximum Gasteiger partial charge on any atom is 0.336 e. The summed E-state index contributed by atoms with van der Waals surface area (Å²) >= 11 is 3.23. The van der Waals surface area contributed by atoms with Crippen molar-refractivity contribution < 1.29 is 13.9 Å². The van der Waals surface area contributed by atoms with Gasteiger partial charge in [0.25, 0.3) is 0 Å². The van der Waals surface area contributed by atoms with E-state index in [1.807, 2.05) is 0 Å². The maximum atomic E-state index is 14.1. The highest BCUT2D eigenvalue weighted by Gasteiger charge is 2.23. The Morgan fingerprint density at radius 3 is 2.53 bits per heavy atom. The first-order valence-electron chi connectivity index (χ1n) is 5.21. The molecule has 0 radical (unpaired) electrons. The number of esters is 1. The van der Waals surface area contributed by atoms with Crippen molar-refractivity contribution in [2.45, 2.75) is 26.1 Å². The number of benzene rings is 1. The Bertz CT molecular complexity index is 429. The van der Waals surface area contributed by atoms with E-state index >= 15 is 0 Å². The lowest BCUT2D eigenvalue weighted by Crippen LogP contribution is -2.16. The van der Waals surface area contributed by atoms with Crippen LogP contribution >= 0.6 is 15.9 Å². The zero-order chi connectivity index (χ0) is 13.0. The van der Waals surface area contributed by atoms with Crippen molar-refractivity contribution in [3.63, 3.8) is 0 Å². The second-order valence-electron chi connectivity index (χ2n) is 3.86. The molecule has 0 aliphatic rings. The fourth-order valence-corrected chi connectivity index (χ4v) is 1.75. The molecule has 1 atom stereocenters. The summed E-state index contributed by atoms with van der Waals surface area (Å²) in [5.74, 6) is -0.705. The van der Waals surface area contributed by atoms with E-state index in [-0.39, 0.29) is 11.7 Å². The van der Waals surface area contributed by atoms with E-state index in [2.05, 4.69) is 22.5 Å². The topological polar surface area (TPSA) is 26.3 Å². The molecule has 1 aromatic rings. The van der Waals surface area contributed by atoms with Crippen molar-refractivity contribution in [1.82, 2.24) is 0 Å². The van der Waals surface area contributed by atoms with Crippen molar-refractivity contribution in [1.29, 1.82) is 0 Å². The molecule has 4 heteroatoms. The van der Waals surface area contributed by atoms with Crippen molar-refractivity contribution in [3.8, 4) is 0 Å². The van der Waals surface area contributed by atoms with Crippen LogP contribution in [0.5, 0.6) is 0 Å². The van der Waals surface area contributed by atoms with Gasteiger partial charge < -0.3 is 4.74 Å². The number of halogens is 2. The zero-order valence-electron chi connectivity index (χ0n) is 9.74. The maximum absolute atomic E-state index is 14.1. The van der Waals surface area contributed by atoms with Crippen LogP contribution in [-0.2, 0) is 9.53 Å². The van der Waals surface area contributed by atoms with E-state index in [1.165, 1.54) is 0 Å². The molecule has 1 aromatic carbocycles. The summed E-state index contributed by atoms with van der Waals surface area (Å²) in [4.78, 5) is 11.5. The molecule has 0 aromatic heterocycles. The second kappa shape index (κ2) is 5.96. The molecule has 0 spiro atoms. The lowest BCUT2D eigenvalue weighted by atomic mass is 10.0. The summed E-state index contributed by atoms with van der Waals surface area (Å²) in [7, 11) is 0. The zero-order valence-corrected chi connectivity index (χ0v) is 11.3. The average molecular weight is 301 g/mol. The summed E-state index contributed by atoms with van der Waals surface area (Å²) in [5.41, 5.74) is 0.184. The number of hydrogen-bond donors (Lipinski definition) is 0. The molecule has 0 aliphatic heterocycles. The van der Waals surface area contributed by atoms with Crippen LogP contribution < -0.4 is 0 Å². The number of carbonyl (C=O) groups excluding carboxylic acids is 1. The summed E-state index contributed by atoms with van der Waals surface area (Å²) in [6.45, 7) is 6.87. The summed E-state index contributed by atoms with van der Waals surface area (Å²) in [6.07, 6.45) is -1.84. The first kappa shape index (κ1) is 13.9. The Hall–Kier alpha value is -1.16. The van der Waals surface area contributed by atoms with Gasteiger partial charge in [-0.15, -0.1) is 0 Å². The smallest absolute Gasteiger partial charge is 0.336 e. The predicted molar refractivity (Wildman–Crippen MR) is 68.4 cm³/mol. The van der Waals surface area contributed by atoms with E-state index in [0.717, 1.165) is 0 Å². The Morgan fingerprint density at radius 1 is 1.41 bits per heavy atom. The lowest BCUT2D eigenvalue weighted by molar-refractivity contribution is -0.143. The van der Waals surface area contributed by atoms with Crippen LogP contribution in [0, 0.1) is 0 Å². The quantitative estimate of drug-likeness (QED) is 0.621. The van der Waals surface area contributed by atoms with Crippen LogP contribution in [-0.4, -0.2) is 12.1 Å². The molecule has 0 amide bonds. The Balaban J connectivity index is 2.84. The first-order valence-corrected chi connectivity index (χ1v) is 6.01. The van der Waals surface area contributed by atoms with Crippen molar-refractivity contribution >= 4 is 21.9 Å². The van der Waals surface area contributed by atoms with Crippen molar-refractivity contribution in [2.75, 3.05) is 0 Å². The average Bonchev–Trinajstić information content (AvgIpc) is 2.27. The highest BCUT2D eigenvalue weighted by atomic mass is 79.9. The summed E-state index contributed by atoms with van der Waals surface area (Å²) in [5, 5.41) is 0. The highest BCUT2D eigenvalue weighted by Crippen LogP contribution is 2.31. The third kappa shape index (κ3) is 3.66. The molecule has 0 saturated heterocycles. The summed E-state index contributed by atoms with van der Waals surface area (Å²) < 4.78 is 19.6. The SMILES string of the molecule is C=C(C(=O)OC(C)C)C(F)c1ccccc1Br. The van der Waals surface area contributed by atoms with E-state index in [0.29, 0.717) is 10.0 Å². The first-order chi connectivity index (χ1) is 7.93. The number of hydrogen-bond acceptors (Lipinski definition) is 2. The minimum absolute atomic E-state index is 0.189. The standard InChI is InChI=1S/C13H14BrFO2/c1-8(2)17-13(16)9(3)12(15)10-6-4-5-7-11(10)14/h4-8,12H,3H2,1-2H3. The molecular weight excluding hydrogens is 287 g/mol. The normalized spacial score (nSPS) is 12.3. The van der Waals surface area contributed by atoms with Gasteiger partial charge in [-0.05, 0) is 19.9 Å². The second-order valence-corrected chi connectivity index (χ2v) is 4.72. The third-order valence-electron chi connectivity index (χ3n) is 2.09. The monoisotopic (exact) mass is 300 g/mol. The van der Waals surface area contributed by atoms with E-state index in [1.54, 1.807) is 38.1 Å². The fraction of sp³-hybridized carbons (Fsp3) is 0.308. The van der Waals surface area contributed by atoms with Crippen molar-refractivity contribution in [3.05, 3.63) is 46.5 Å². The van der Waals surface area contributed by atoms with Crippen LogP contribution in [0.3, 0.4) is 0 Å². The summed E-state index contributed by atoms with van der Waals surface area (Å²) in [6, 6.07) is 6.79. The van der Waals surface area contributed by atoms with Gasteiger partial charge in [0.1, 0.15) is 0 Å². The van der Waals surface area contributed by atoms with Gasteiger partial charge in [0.05, 0.1) is 11.7 Å². The molecule has 0 aliphatic carbocycles. The van der Waals surface area contributed by atoms with Crippen molar-refractivity contribution in [2.24, 2.45) is 0 Å². The highest BCUT2D eigenvalue weighted by molar-refractivity contribution is 9.10. The molecule has 17 heavy (non-hydrogen) atoms. The molecule has 92 valence electrons. The molecule has 0 N–H and O–H groups in total. The van der Waals surface area contributed by atoms with Crippen LogP contribution in [0.2, 0.25) is 0 Å². The van der Waals surface area contributed by atoms with Gasteiger partial charge in [-0.1, -0.05) is 40.7 Å². The third-order valence-corrected chi connectivity index (χ3v) is 2.81. The van der Waals surface area contributed by atoms with Crippen LogP contribution in [0.25, 0.3) is 0 Å². The molecule has 0 fully saturated rings.